The summed E-state index contributed by atoms with van der Waals surface area (Å²) >= 11 is 1.05. The summed E-state index contributed by atoms with van der Waals surface area (Å²) in [4.78, 5) is 16.4. The molecule has 2 heterocycles. The van der Waals surface area contributed by atoms with E-state index in [1.165, 1.54) is 18.2 Å². The zero-order chi connectivity index (χ0) is 17.5. The van der Waals surface area contributed by atoms with Crippen molar-refractivity contribution in [2.45, 2.75) is 20.2 Å². The summed E-state index contributed by atoms with van der Waals surface area (Å²) in [7, 11) is 0. The van der Waals surface area contributed by atoms with Gasteiger partial charge in [-0.05, 0) is 32.0 Å². The van der Waals surface area contributed by atoms with E-state index >= 15 is 0 Å². The molecule has 0 aliphatic carbocycles. The molecule has 0 spiro atoms. The SMILES string of the molecule is Cc1cc(C(=O)Nc2nc3ccc(OC(F)(F)F)cc3s2)c(C)o1. The van der Waals surface area contributed by atoms with Crippen LogP contribution >= 0.6 is 11.3 Å². The number of fused-ring (bicyclic) bond motifs is 1. The minimum absolute atomic E-state index is 0.275. The Labute approximate surface area is 138 Å². The topological polar surface area (TPSA) is 64.4 Å². The lowest BCUT2D eigenvalue weighted by atomic mass is 10.2. The Morgan fingerprint density at radius 2 is 2.04 bits per heavy atom. The van der Waals surface area contributed by atoms with Crippen LogP contribution in [0.3, 0.4) is 0 Å². The van der Waals surface area contributed by atoms with Crippen LogP contribution in [-0.2, 0) is 0 Å². The molecule has 3 rings (SSSR count). The summed E-state index contributed by atoms with van der Waals surface area (Å²) in [6.07, 6.45) is -4.76. The van der Waals surface area contributed by atoms with Gasteiger partial charge in [0.25, 0.3) is 5.91 Å². The van der Waals surface area contributed by atoms with Gasteiger partial charge in [0.15, 0.2) is 5.13 Å². The van der Waals surface area contributed by atoms with Crippen LogP contribution in [0.4, 0.5) is 18.3 Å². The molecular weight excluding hydrogens is 345 g/mol. The number of halogens is 3. The first-order valence-electron chi connectivity index (χ1n) is 6.76. The molecule has 1 amide bonds. The average molecular weight is 356 g/mol. The van der Waals surface area contributed by atoms with Crippen molar-refractivity contribution in [1.29, 1.82) is 0 Å². The van der Waals surface area contributed by atoms with Gasteiger partial charge in [0, 0.05) is 6.07 Å². The van der Waals surface area contributed by atoms with Crippen LogP contribution in [0.2, 0.25) is 0 Å². The van der Waals surface area contributed by atoms with E-state index in [1.807, 2.05) is 0 Å². The molecule has 0 saturated carbocycles. The van der Waals surface area contributed by atoms with E-state index in [4.69, 9.17) is 4.42 Å². The number of carbonyl (C=O) groups excluding carboxylic acids is 1. The second kappa shape index (κ2) is 5.82. The molecule has 0 radical (unpaired) electrons. The maximum absolute atomic E-state index is 12.2. The van der Waals surface area contributed by atoms with Crippen LogP contribution in [0.15, 0.2) is 28.7 Å². The molecule has 0 aliphatic rings. The Bertz CT molecular complexity index is 914. The summed E-state index contributed by atoms with van der Waals surface area (Å²) in [6.45, 7) is 3.39. The number of anilines is 1. The molecular formula is C15H11F3N2O3S. The molecule has 2 aromatic heterocycles. The number of benzene rings is 1. The number of aromatic nitrogens is 1. The zero-order valence-corrected chi connectivity index (χ0v) is 13.3. The van der Waals surface area contributed by atoms with E-state index in [2.05, 4.69) is 15.0 Å². The maximum Gasteiger partial charge on any atom is 0.573 e. The Hall–Kier alpha value is -2.55. The second-order valence-corrected chi connectivity index (χ2v) is 6.01. The number of amides is 1. The van der Waals surface area contributed by atoms with Crippen LogP contribution in [0.5, 0.6) is 5.75 Å². The minimum atomic E-state index is -4.76. The number of hydrogen-bond acceptors (Lipinski definition) is 5. The Morgan fingerprint density at radius 3 is 2.67 bits per heavy atom. The fourth-order valence-electron chi connectivity index (χ4n) is 2.18. The van der Waals surface area contributed by atoms with E-state index in [1.54, 1.807) is 19.9 Å². The van der Waals surface area contributed by atoms with Gasteiger partial charge in [0.1, 0.15) is 17.3 Å². The third-order valence-corrected chi connectivity index (χ3v) is 4.03. The Balaban J connectivity index is 1.83. The number of alkyl halides is 3. The van der Waals surface area contributed by atoms with Crippen molar-refractivity contribution >= 4 is 32.6 Å². The van der Waals surface area contributed by atoms with Gasteiger partial charge in [0.2, 0.25) is 0 Å². The lowest BCUT2D eigenvalue weighted by molar-refractivity contribution is -0.274. The quantitative estimate of drug-likeness (QED) is 0.741. The third-order valence-electron chi connectivity index (χ3n) is 3.10. The van der Waals surface area contributed by atoms with E-state index in [0.717, 1.165) is 11.3 Å². The third kappa shape index (κ3) is 3.51. The first kappa shape index (κ1) is 16.3. The molecule has 0 fully saturated rings. The molecule has 9 heteroatoms. The Morgan fingerprint density at radius 1 is 1.29 bits per heavy atom. The molecule has 3 aromatic rings. The number of ether oxygens (including phenoxy) is 1. The number of thiazole rings is 1. The van der Waals surface area contributed by atoms with Crippen molar-refractivity contribution in [2.24, 2.45) is 0 Å². The van der Waals surface area contributed by atoms with Gasteiger partial charge in [-0.25, -0.2) is 4.98 Å². The van der Waals surface area contributed by atoms with Crippen molar-refractivity contribution in [3.63, 3.8) is 0 Å². The lowest BCUT2D eigenvalue weighted by Gasteiger charge is -2.07. The predicted molar refractivity (Wildman–Crippen MR) is 82.4 cm³/mol. The first-order valence-corrected chi connectivity index (χ1v) is 7.57. The molecule has 0 aliphatic heterocycles. The zero-order valence-electron chi connectivity index (χ0n) is 12.5. The highest BCUT2D eigenvalue weighted by Gasteiger charge is 2.31. The van der Waals surface area contributed by atoms with Crippen molar-refractivity contribution < 1.29 is 27.1 Å². The minimum Gasteiger partial charge on any atom is -0.466 e. The van der Waals surface area contributed by atoms with E-state index in [9.17, 15) is 18.0 Å². The largest absolute Gasteiger partial charge is 0.573 e. The number of nitrogens with one attached hydrogen (secondary N) is 1. The number of carbonyl (C=O) groups is 1. The second-order valence-electron chi connectivity index (χ2n) is 4.98. The summed E-state index contributed by atoms with van der Waals surface area (Å²) in [5, 5.41) is 2.89. The number of nitrogens with zero attached hydrogens (tertiary/aromatic N) is 1. The van der Waals surface area contributed by atoms with Crippen LogP contribution < -0.4 is 10.1 Å². The van der Waals surface area contributed by atoms with Gasteiger partial charge < -0.3 is 9.15 Å². The fraction of sp³-hybridized carbons (Fsp3) is 0.200. The van der Waals surface area contributed by atoms with Gasteiger partial charge in [0.05, 0.1) is 15.8 Å². The molecule has 1 aromatic carbocycles. The van der Waals surface area contributed by atoms with E-state index in [0.29, 0.717) is 27.3 Å². The van der Waals surface area contributed by atoms with Crippen LogP contribution in [0.1, 0.15) is 21.9 Å². The van der Waals surface area contributed by atoms with Gasteiger partial charge >= 0.3 is 6.36 Å². The molecule has 24 heavy (non-hydrogen) atoms. The van der Waals surface area contributed by atoms with Crippen molar-refractivity contribution in [3.05, 3.63) is 41.3 Å². The highest BCUT2D eigenvalue weighted by Crippen LogP contribution is 2.32. The molecule has 0 bridgehead atoms. The molecule has 1 N–H and O–H groups in total. The van der Waals surface area contributed by atoms with Gasteiger partial charge in [-0.1, -0.05) is 11.3 Å². The molecule has 0 atom stereocenters. The van der Waals surface area contributed by atoms with Crippen LogP contribution in [0.25, 0.3) is 10.2 Å². The number of rotatable bonds is 3. The summed E-state index contributed by atoms with van der Waals surface area (Å²) in [6, 6.07) is 5.40. The van der Waals surface area contributed by atoms with Gasteiger partial charge in [-0.3, -0.25) is 10.1 Å². The summed E-state index contributed by atoms with van der Waals surface area (Å²) in [5.74, 6) is 0.357. The highest BCUT2D eigenvalue weighted by atomic mass is 32.1. The van der Waals surface area contributed by atoms with Crippen molar-refractivity contribution in [2.75, 3.05) is 5.32 Å². The molecule has 0 unspecified atom stereocenters. The first-order chi connectivity index (χ1) is 11.2. The molecule has 126 valence electrons. The van der Waals surface area contributed by atoms with E-state index in [-0.39, 0.29) is 10.9 Å². The van der Waals surface area contributed by atoms with Gasteiger partial charge in [-0.2, -0.15) is 0 Å². The fourth-order valence-corrected chi connectivity index (χ4v) is 3.07. The van der Waals surface area contributed by atoms with Crippen LogP contribution in [-0.4, -0.2) is 17.3 Å². The lowest BCUT2D eigenvalue weighted by Crippen LogP contribution is -2.16. The smallest absolute Gasteiger partial charge is 0.466 e. The van der Waals surface area contributed by atoms with E-state index < -0.39 is 12.3 Å². The van der Waals surface area contributed by atoms with Crippen LogP contribution in [0, 0.1) is 13.8 Å². The molecule has 0 saturated heterocycles. The molecule has 5 nitrogen and oxygen atoms in total. The number of aryl methyl sites for hydroxylation is 2. The number of hydrogen-bond donors (Lipinski definition) is 1. The van der Waals surface area contributed by atoms with Gasteiger partial charge in [-0.15, -0.1) is 13.2 Å². The predicted octanol–water partition coefficient (Wildman–Crippen LogP) is 4.66. The number of furan rings is 1. The normalized spacial score (nSPS) is 11.7. The summed E-state index contributed by atoms with van der Waals surface area (Å²) < 4.78 is 46.4. The summed E-state index contributed by atoms with van der Waals surface area (Å²) in [5.41, 5.74) is 0.845. The monoisotopic (exact) mass is 356 g/mol. The maximum atomic E-state index is 12.2. The standard InChI is InChI=1S/C15H11F3N2O3S/c1-7-5-10(8(2)22-7)13(21)20-14-19-11-4-3-9(6-12(11)24-14)23-15(16,17)18/h3-6H,1-2H3,(H,19,20,21). The van der Waals surface area contributed by atoms with Crippen molar-refractivity contribution in [3.8, 4) is 5.75 Å². The Kier molecular flexibility index (Phi) is 3.96. The highest BCUT2D eigenvalue weighted by molar-refractivity contribution is 7.22. The van der Waals surface area contributed by atoms with Crippen molar-refractivity contribution in [1.82, 2.24) is 4.98 Å². The average Bonchev–Trinajstić information content (AvgIpc) is 2.98.